The maximum atomic E-state index is 11.5. The third kappa shape index (κ3) is 4.74. The fourth-order valence-corrected chi connectivity index (χ4v) is 2.11. The van der Waals surface area contributed by atoms with Gasteiger partial charge in [-0.3, -0.25) is 0 Å². The van der Waals surface area contributed by atoms with Gasteiger partial charge < -0.3 is 9.47 Å². The minimum absolute atomic E-state index is 0.317. The zero-order valence-corrected chi connectivity index (χ0v) is 13.9. The summed E-state index contributed by atoms with van der Waals surface area (Å²) in [7, 11) is 0. The minimum Gasteiger partial charge on any atom is -0.392 e. The van der Waals surface area contributed by atoms with Crippen molar-refractivity contribution in [1.82, 2.24) is 0 Å². The first-order valence-corrected chi connectivity index (χ1v) is 7.28. The van der Waals surface area contributed by atoms with Crippen LogP contribution in [0.15, 0.2) is 36.4 Å². The Hall–Kier alpha value is -3.02. The van der Waals surface area contributed by atoms with Gasteiger partial charge in [-0.25, -0.2) is 0 Å². The molecule has 6 heteroatoms. The third-order valence-corrected chi connectivity index (χ3v) is 3.23. The quantitative estimate of drug-likeness (QED) is 0.348. The maximum absolute atomic E-state index is 11.5. The van der Waals surface area contributed by atoms with E-state index in [1.54, 1.807) is 38.1 Å². The van der Waals surface area contributed by atoms with Crippen LogP contribution in [0.5, 0.6) is 11.5 Å². The fourth-order valence-electron chi connectivity index (χ4n) is 2.11. The topological polar surface area (TPSA) is 71.1 Å². The minimum atomic E-state index is -1.17. The fraction of sp³-hybridized carbons (Fsp3) is 0.222. The molecule has 0 N–H and O–H groups in total. The van der Waals surface area contributed by atoms with E-state index in [9.17, 15) is 9.59 Å². The van der Waals surface area contributed by atoms with Gasteiger partial charge in [-0.05, 0) is 51.0 Å². The molecule has 0 aromatic heterocycles. The van der Waals surface area contributed by atoms with Crippen molar-refractivity contribution in [2.24, 2.45) is 0 Å². The summed E-state index contributed by atoms with van der Waals surface area (Å²) in [5.41, 5.74) is 3.57. The Balaban J connectivity index is 1.85. The second-order valence-corrected chi connectivity index (χ2v) is 5.41. The molecule has 6 nitrogen and oxygen atoms in total. The van der Waals surface area contributed by atoms with Crippen LogP contribution >= 0.6 is 0 Å². The van der Waals surface area contributed by atoms with Crippen LogP contribution in [-0.2, 0) is 9.78 Å². The molecule has 2 aromatic rings. The van der Waals surface area contributed by atoms with E-state index in [1.165, 1.54) is 0 Å². The predicted molar refractivity (Wildman–Crippen MR) is 86.1 cm³/mol. The lowest BCUT2D eigenvalue weighted by Crippen LogP contribution is -2.18. The molecule has 0 saturated carbocycles. The molecule has 0 spiro atoms. The van der Waals surface area contributed by atoms with E-state index >= 15 is 0 Å². The molecule has 0 aliphatic rings. The molecule has 0 aliphatic heterocycles. The molecule has 2 aromatic carbocycles. The Bertz CT molecular complexity index is 701. The molecule has 0 amide bonds. The van der Waals surface area contributed by atoms with Crippen LogP contribution in [0, 0.1) is 27.7 Å². The molecule has 126 valence electrons. The highest BCUT2D eigenvalue weighted by molar-refractivity contribution is 5.68. The van der Waals surface area contributed by atoms with Gasteiger partial charge in [0.05, 0.1) is 0 Å². The zero-order valence-electron chi connectivity index (χ0n) is 13.9. The summed E-state index contributed by atoms with van der Waals surface area (Å²) < 4.78 is 9.89. The van der Waals surface area contributed by atoms with Crippen LogP contribution in [0.2, 0.25) is 0 Å². The van der Waals surface area contributed by atoms with Gasteiger partial charge in [-0.1, -0.05) is 35.4 Å². The van der Waals surface area contributed by atoms with Crippen molar-refractivity contribution in [3.05, 3.63) is 58.7 Å². The number of aryl methyl sites for hydroxylation is 4. The Morgan fingerprint density at radius 2 is 1.04 bits per heavy atom. The van der Waals surface area contributed by atoms with Gasteiger partial charge in [0, 0.05) is 0 Å². The van der Waals surface area contributed by atoms with Gasteiger partial charge in [0.2, 0.25) is 0 Å². The lowest BCUT2D eigenvalue weighted by Gasteiger charge is -2.08. The number of hydrogen-bond acceptors (Lipinski definition) is 6. The highest BCUT2D eigenvalue weighted by atomic mass is 17.3. The van der Waals surface area contributed by atoms with Crippen LogP contribution in [0.4, 0.5) is 9.59 Å². The van der Waals surface area contributed by atoms with E-state index in [2.05, 4.69) is 9.78 Å². The highest BCUT2D eigenvalue weighted by Crippen LogP contribution is 2.20. The van der Waals surface area contributed by atoms with Crippen molar-refractivity contribution in [1.29, 1.82) is 0 Å². The SMILES string of the molecule is Cc1ccc(OC(=O)OOC(=O)Oc2ccc(C)cc2C)c(C)c1. The molecule has 24 heavy (non-hydrogen) atoms. The third-order valence-electron chi connectivity index (χ3n) is 3.23. The number of carbonyl (C=O) groups is 2. The molecular formula is C18H18O6. The van der Waals surface area contributed by atoms with Gasteiger partial charge in [0.1, 0.15) is 11.5 Å². The normalized spacial score (nSPS) is 10.0. The van der Waals surface area contributed by atoms with Crippen molar-refractivity contribution in [2.45, 2.75) is 27.7 Å². The molecule has 0 unspecified atom stereocenters. The number of ether oxygens (including phenoxy) is 2. The molecule has 0 heterocycles. The predicted octanol–water partition coefficient (Wildman–Crippen LogP) is 4.57. The van der Waals surface area contributed by atoms with Crippen LogP contribution in [0.1, 0.15) is 22.3 Å². The summed E-state index contributed by atoms with van der Waals surface area (Å²) in [6.07, 6.45) is -2.33. The number of benzene rings is 2. The van der Waals surface area contributed by atoms with Gasteiger partial charge in [-0.15, -0.1) is 0 Å². The lowest BCUT2D eigenvalue weighted by atomic mass is 10.1. The maximum Gasteiger partial charge on any atom is 0.555 e. The Morgan fingerprint density at radius 1 is 0.667 bits per heavy atom. The zero-order chi connectivity index (χ0) is 17.7. The van der Waals surface area contributed by atoms with E-state index in [1.807, 2.05) is 26.0 Å². The summed E-state index contributed by atoms with van der Waals surface area (Å²) in [5.74, 6) is 0.633. The van der Waals surface area contributed by atoms with Crippen LogP contribution < -0.4 is 9.47 Å². The molecule has 0 atom stereocenters. The summed E-state index contributed by atoms with van der Waals surface area (Å²) in [5, 5.41) is 0. The van der Waals surface area contributed by atoms with Crippen LogP contribution in [0.3, 0.4) is 0 Å². The number of hydrogen-bond donors (Lipinski definition) is 0. The first-order valence-electron chi connectivity index (χ1n) is 7.28. The second kappa shape index (κ2) is 7.50. The Kier molecular flexibility index (Phi) is 5.42. The van der Waals surface area contributed by atoms with Gasteiger partial charge >= 0.3 is 12.3 Å². The van der Waals surface area contributed by atoms with Crippen molar-refractivity contribution >= 4 is 12.3 Å². The number of rotatable bonds is 2. The van der Waals surface area contributed by atoms with E-state index in [-0.39, 0.29) is 0 Å². The van der Waals surface area contributed by atoms with E-state index in [4.69, 9.17) is 9.47 Å². The van der Waals surface area contributed by atoms with Gasteiger partial charge in [0.15, 0.2) is 0 Å². The molecule has 0 bridgehead atoms. The summed E-state index contributed by atoms with van der Waals surface area (Å²) in [4.78, 5) is 31.7. The van der Waals surface area contributed by atoms with Crippen molar-refractivity contribution in [3.8, 4) is 11.5 Å². The van der Waals surface area contributed by atoms with Gasteiger partial charge in [0.25, 0.3) is 0 Å². The molecule has 0 aliphatic carbocycles. The molecule has 0 saturated heterocycles. The molecule has 0 fully saturated rings. The monoisotopic (exact) mass is 330 g/mol. The van der Waals surface area contributed by atoms with Crippen LogP contribution in [-0.4, -0.2) is 12.3 Å². The average Bonchev–Trinajstić information content (AvgIpc) is 2.51. The van der Waals surface area contributed by atoms with Crippen molar-refractivity contribution in [3.63, 3.8) is 0 Å². The lowest BCUT2D eigenvalue weighted by molar-refractivity contribution is -0.203. The summed E-state index contributed by atoms with van der Waals surface area (Å²) in [6, 6.07) is 10.5. The molecule has 2 rings (SSSR count). The summed E-state index contributed by atoms with van der Waals surface area (Å²) in [6.45, 7) is 7.40. The first-order chi connectivity index (χ1) is 11.3. The molecule has 0 radical (unpaired) electrons. The van der Waals surface area contributed by atoms with Crippen molar-refractivity contribution in [2.75, 3.05) is 0 Å². The smallest absolute Gasteiger partial charge is 0.392 e. The summed E-state index contributed by atoms with van der Waals surface area (Å²) >= 11 is 0. The second-order valence-electron chi connectivity index (χ2n) is 5.41. The Morgan fingerprint density at radius 3 is 1.38 bits per heavy atom. The van der Waals surface area contributed by atoms with Gasteiger partial charge in [-0.2, -0.15) is 19.4 Å². The van der Waals surface area contributed by atoms with E-state index in [0.717, 1.165) is 22.3 Å². The van der Waals surface area contributed by atoms with E-state index < -0.39 is 12.3 Å². The highest BCUT2D eigenvalue weighted by Gasteiger charge is 2.15. The van der Waals surface area contributed by atoms with E-state index in [0.29, 0.717) is 11.5 Å². The largest absolute Gasteiger partial charge is 0.555 e. The number of carbonyl (C=O) groups excluding carboxylic acids is 2. The molecular weight excluding hydrogens is 312 g/mol. The standard InChI is InChI=1S/C18H18O6/c1-11-5-7-15(13(3)9-11)21-17(19)23-24-18(20)22-16-8-6-12(2)10-14(16)4/h5-10H,1-4H3. The first kappa shape index (κ1) is 17.3. The van der Waals surface area contributed by atoms with Crippen molar-refractivity contribution < 1.29 is 28.8 Å². The Labute approximate surface area is 139 Å². The van der Waals surface area contributed by atoms with Crippen LogP contribution in [0.25, 0.3) is 0 Å². The average molecular weight is 330 g/mol.